The molecule has 0 fully saturated rings. The number of ketones is 1. The van der Waals surface area contributed by atoms with Gasteiger partial charge in [-0.1, -0.05) is 39.0 Å². The van der Waals surface area contributed by atoms with Crippen LogP contribution in [0.1, 0.15) is 57.4 Å². The first-order valence-corrected chi connectivity index (χ1v) is 11.0. The Morgan fingerprint density at radius 3 is 2.31 bits per heavy atom. The van der Waals surface area contributed by atoms with Gasteiger partial charge < -0.3 is 19.3 Å². The molecule has 1 heterocycles. The number of ether oxygens (including phenoxy) is 3. The van der Waals surface area contributed by atoms with Crippen LogP contribution in [0.4, 0.5) is 0 Å². The summed E-state index contributed by atoms with van der Waals surface area (Å²) in [5.74, 6) is -0.937. The molecule has 1 aromatic heterocycles. The predicted octanol–water partition coefficient (Wildman–Crippen LogP) is 4.82. The number of methoxy groups -OCH3 is 1. The first-order chi connectivity index (χ1) is 15.3. The number of para-hydroxylation sites is 1. The normalized spacial score (nSPS) is 13.8. The molecule has 0 aliphatic carbocycles. The average Bonchev–Trinajstić information content (AvgIpc) is 2.79. The topological polar surface area (TPSA) is 95.0 Å². The molecule has 0 aliphatic rings. The quantitative estimate of drug-likeness (QED) is 0.371. The van der Waals surface area contributed by atoms with Crippen LogP contribution in [-0.2, 0) is 9.53 Å². The minimum absolute atomic E-state index is 0.126. The molecule has 3 atom stereocenters. The SMILES string of the molecule is CCC(CC)[C@@H](Oc1ccccc1)[C@H](C)OC(=O)[C@H](C)CC(=O)c1nccc(OC)c1O. The van der Waals surface area contributed by atoms with Crippen LogP contribution < -0.4 is 9.47 Å². The molecular weight excluding hydrogens is 410 g/mol. The fraction of sp³-hybridized carbons (Fsp3) is 0.480. The molecular formula is C25H33NO6. The smallest absolute Gasteiger partial charge is 0.309 e. The second-order valence-corrected chi connectivity index (χ2v) is 7.85. The van der Waals surface area contributed by atoms with Crippen LogP contribution in [0.5, 0.6) is 17.2 Å². The lowest BCUT2D eigenvalue weighted by Gasteiger charge is -2.31. The molecule has 1 aromatic carbocycles. The lowest BCUT2D eigenvalue weighted by Crippen LogP contribution is -2.40. The van der Waals surface area contributed by atoms with E-state index in [2.05, 4.69) is 18.8 Å². The first kappa shape index (κ1) is 25.2. The third-order valence-corrected chi connectivity index (χ3v) is 5.56. The van der Waals surface area contributed by atoms with Crippen LogP contribution >= 0.6 is 0 Å². The van der Waals surface area contributed by atoms with E-state index in [1.54, 1.807) is 6.92 Å². The first-order valence-electron chi connectivity index (χ1n) is 11.0. The van der Waals surface area contributed by atoms with Crippen molar-refractivity contribution in [1.29, 1.82) is 0 Å². The molecule has 32 heavy (non-hydrogen) atoms. The molecule has 7 nitrogen and oxygen atoms in total. The van der Waals surface area contributed by atoms with Gasteiger partial charge in [0.25, 0.3) is 0 Å². The largest absolute Gasteiger partial charge is 0.503 e. The number of benzene rings is 1. The molecule has 2 rings (SSSR count). The maximum absolute atomic E-state index is 12.7. The van der Waals surface area contributed by atoms with Crippen molar-refractivity contribution in [2.24, 2.45) is 11.8 Å². The number of esters is 1. The van der Waals surface area contributed by atoms with E-state index in [0.717, 1.165) is 18.6 Å². The minimum Gasteiger partial charge on any atom is -0.503 e. The molecule has 174 valence electrons. The van der Waals surface area contributed by atoms with Crippen molar-refractivity contribution < 1.29 is 28.9 Å². The van der Waals surface area contributed by atoms with Gasteiger partial charge in [-0.25, -0.2) is 4.98 Å². The molecule has 0 bridgehead atoms. The van der Waals surface area contributed by atoms with E-state index in [0.29, 0.717) is 0 Å². The van der Waals surface area contributed by atoms with E-state index in [1.165, 1.54) is 19.4 Å². The molecule has 1 N–H and O–H groups in total. The highest BCUT2D eigenvalue weighted by atomic mass is 16.6. The Hall–Kier alpha value is -3.09. The number of pyridine rings is 1. The number of hydrogen-bond donors (Lipinski definition) is 1. The van der Waals surface area contributed by atoms with Crippen molar-refractivity contribution in [2.75, 3.05) is 7.11 Å². The lowest BCUT2D eigenvalue weighted by atomic mass is 9.92. The molecule has 0 saturated carbocycles. The molecule has 0 aliphatic heterocycles. The van der Waals surface area contributed by atoms with E-state index in [-0.39, 0.29) is 35.6 Å². The number of carbonyl (C=O) groups excluding carboxylic acids is 2. The van der Waals surface area contributed by atoms with Crippen LogP contribution in [-0.4, -0.2) is 41.2 Å². The third kappa shape index (κ3) is 6.45. The monoisotopic (exact) mass is 443 g/mol. The molecule has 0 saturated heterocycles. The summed E-state index contributed by atoms with van der Waals surface area (Å²) in [5.41, 5.74) is -0.126. The van der Waals surface area contributed by atoms with Crippen LogP contribution in [0, 0.1) is 11.8 Å². The Morgan fingerprint density at radius 1 is 1.06 bits per heavy atom. The van der Waals surface area contributed by atoms with Gasteiger partial charge in [0, 0.05) is 18.7 Å². The maximum Gasteiger partial charge on any atom is 0.309 e. The van der Waals surface area contributed by atoms with Crippen LogP contribution in [0.3, 0.4) is 0 Å². The summed E-state index contributed by atoms with van der Waals surface area (Å²) in [6.45, 7) is 7.60. The van der Waals surface area contributed by atoms with Gasteiger partial charge in [-0.05, 0) is 37.8 Å². The van der Waals surface area contributed by atoms with Crippen molar-refractivity contribution in [2.45, 2.75) is 59.2 Å². The molecule has 0 amide bonds. The van der Waals surface area contributed by atoms with E-state index in [1.807, 2.05) is 37.3 Å². The molecule has 2 aromatic rings. The van der Waals surface area contributed by atoms with Gasteiger partial charge in [0.1, 0.15) is 18.0 Å². The Labute approximate surface area is 189 Å². The number of aromatic nitrogens is 1. The summed E-state index contributed by atoms with van der Waals surface area (Å²) >= 11 is 0. The lowest BCUT2D eigenvalue weighted by molar-refractivity contribution is -0.158. The fourth-order valence-corrected chi connectivity index (χ4v) is 3.61. The van der Waals surface area contributed by atoms with Crippen molar-refractivity contribution >= 4 is 11.8 Å². The van der Waals surface area contributed by atoms with Gasteiger partial charge in [-0.15, -0.1) is 0 Å². The van der Waals surface area contributed by atoms with Crippen molar-refractivity contribution in [3.8, 4) is 17.2 Å². The standard InChI is InChI=1S/C25H33NO6/c1-6-18(7-2)24(32-19-11-9-8-10-12-19)17(4)31-25(29)16(3)15-20(27)22-23(28)21(30-5)13-14-26-22/h8-14,16-18,24,28H,6-7,15H2,1-5H3/t16-,17+,24+/m1/s1. The van der Waals surface area contributed by atoms with Gasteiger partial charge in [0.15, 0.2) is 23.0 Å². The summed E-state index contributed by atoms with van der Waals surface area (Å²) in [4.78, 5) is 29.3. The van der Waals surface area contributed by atoms with Crippen molar-refractivity contribution in [3.05, 3.63) is 48.3 Å². The molecule has 0 spiro atoms. The highest BCUT2D eigenvalue weighted by Gasteiger charge is 2.31. The number of rotatable bonds is 12. The van der Waals surface area contributed by atoms with Crippen LogP contribution in [0.15, 0.2) is 42.6 Å². The molecule has 0 unspecified atom stereocenters. The maximum atomic E-state index is 12.7. The van der Waals surface area contributed by atoms with E-state index in [9.17, 15) is 14.7 Å². The number of nitrogens with zero attached hydrogens (tertiary/aromatic N) is 1. The number of Topliss-reactive ketones (excluding diaryl/α,β-unsaturated/α-hetero) is 1. The van der Waals surface area contributed by atoms with Gasteiger partial charge >= 0.3 is 5.97 Å². The zero-order valence-electron chi connectivity index (χ0n) is 19.4. The second-order valence-electron chi connectivity index (χ2n) is 7.85. The zero-order valence-corrected chi connectivity index (χ0v) is 19.4. The van der Waals surface area contributed by atoms with Crippen LogP contribution in [0.25, 0.3) is 0 Å². The van der Waals surface area contributed by atoms with E-state index >= 15 is 0 Å². The van der Waals surface area contributed by atoms with E-state index < -0.39 is 23.8 Å². The third-order valence-electron chi connectivity index (χ3n) is 5.56. The van der Waals surface area contributed by atoms with Gasteiger partial charge in [0.2, 0.25) is 0 Å². The fourth-order valence-electron chi connectivity index (χ4n) is 3.61. The number of hydrogen-bond acceptors (Lipinski definition) is 7. The van der Waals surface area contributed by atoms with E-state index in [4.69, 9.17) is 14.2 Å². The summed E-state index contributed by atoms with van der Waals surface area (Å²) in [7, 11) is 1.39. The summed E-state index contributed by atoms with van der Waals surface area (Å²) < 4.78 is 16.9. The Morgan fingerprint density at radius 2 is 1.72 bits per heavy atom. The van der Waals surface area contributed by atoms with Gasteiger partial charge in [0.05, 0.1) is 13.0 Å². The highest BCUT2D eigenvalue weighted by molar-refractivity contribution is 5.99. The summed E-state index contributed by atoms with van der Waals surface area (Å²) in [6, 6.07) is 10.9. The van der Waals surface area contributed by atoms with Crippen LogP contribution in [0.2, 0.25) is 0 Å². The Bertz CT molecular complexity index is 881. The second kappa shape index (κ2) is 12.1. The summed E-state index contributed by atoms with van der Waals surface area (Å²) in [6.07, 6.45) is 2.17. The predicted molar refractivity (Wildman–Crippen MR) is 121 cm³/mol. The minimum atomic E-state index is -0.712. The molecule has 0 radical (unpaired) electrons. The Balaban J connectivity index is 2.06. The van der Waals surface area contributed by atoms with Gasteiger partial charge in [-0.2, -0.15) is 0 Å². The van der Waals surface area contributed by atoms with Gasteiger partial charge in [-0.3, -0.25) is 9.59 Å². The molecule has 7 heteroatoms. The average molecular weight is 444 g/mol. The zero-order chi connectivity index (χ0) is 23.7. The number of aromatic hydroxyl groups is 1. The summed E-state index contributed by atoms with van der Waals surface area (Å²) in [5, 5.41) is 10.1. The number of carbonyl (C=O) groups is 2. The van der Waals surface area contributed by atoms with Crippen molar-refractivity contribution in [1.82, 2.24) is 4.98 Å². The van der Waals surface area contributed by atoms with Crippen molar-refractivity contribution in [3.63, 3.8) is 0 Å². The Kier molecular flexibility index (Phi) is 9.50. The highest BCUT2D eigenvalue weighted by Crippen LogP contribution is 2.29.